The first kappa shape index (κ1) is 25.5. The second kappa shape index (κ2) is 9.97. The Morgan fingerprint density at radius 2 is 1.75 bits per heavy atom. The second-order valence-corrected chi connectivity index (χ2v) is 12.2. The van der Waals surface area contributed by atoms with E-state index in [1.807, 2.05) is 4.90 Å². The van der Waals surface area contributed by atoms with Gasteiger partial charge in [-0.1, -0.05) is 36.8 Å². The zero-order chi connectivity index (χ0) is 25.4. The van der Waals surface area contributed by atoms with Crippen molar-refractivity contribution in [2.45, 2.75) is 87.3 Å². The van der Waals surface area contributed by atoms with Crippen LogP contribution in [0.4, 0.5) is 4.79 Å². The van der Waals surface area contributed by atoms with Gasteiger partial charge in [-0.2, -0.15) is 0 Å². The quantitative estimate of drug-likeness (QED) is 0.547. The first-order chi connectivity index (χ1) is 17.3. The summed E-state index contributed by atoms with van der Waals surface area (Å²) in [5, 5.41) is 13.2. The number of benzene rings is 1. The lowest BCUT2D eigenvalue weighted by atomic mass is 9.68. The van der Waals surface area contributed by atoms with Crippen LogP contribution in [0.15, 0.2) is 30.3 Å². The largest absolute Gasteiger partial charge is 0.388 e. The predicted molar refractivity (Wildman–Crippen MR) is 140 cm³/mol. The maximum absolute atomic E-state index is 13.7. The molecule has 3 aliphatic carbocycles. The first-order valence-corrected chi connectivity index (χ1v) is 14.0. The van der Waals surface area contributed by atoms with E-state index < -0.39 is 5.60 Å². The van der Waals surface area contributed by atoms with E-state index in [1.165, 1.54) is 24.8 Å². The van der Waals surface area contributed by atoms with Crippen molar-refractivity contribution in [3.63, 3.8) is 0 Å². The molecule has 3 saturated carbocycles. The van der Waals surface area contributed by atoms with E-state index in [9.17, 15) is 14.7 Å². The van der Waals surface area contributed by atoms with Gasteiger partial charge in [0.2, 0.25) is 5.91 Å². The number of hydrogen-bond acceptors (Lipinski definition) is 4. The number of carbonyl (C=O) groups is 2. The number of amides is 3. The van der Waals surface area contributed by atoms with Gasteiger partial charge in [-0.15, -0.1) is 0 Å². The molecule has 7 heteroatoms. The van der Waals surface area contributed by atoms with E-state index in [1.54, 1.807) is 0 Å². The van der Waals surface area contributed by atoms with Crippen molar-refractivity contribution in [2.75, 3.05) is 40.3 Å². The van der Waals surface area contributed by atoms with Gasteiger partial charge in [0.25, 0.3) is 0 Å². The molecule has 36 heavy (non-hydrogen) atoms. The van der Waals surface area contributed by atoms with Crippen LogP contribution in [0.3, 0.4) is 0 Å². The minimum atomic E-state index is -0.720. The molecule has 1 aliphatic heterocycles. The second-order valence-electron chi connectivity index (χ2n) is 12.2. The zero-order valence-electron chi connectivity index (χ0n) is 22.2. The van der Waals surface area contributed by atoms with Gasteiger partial charge in [0, 0.05) is 38.1 Å². The molecule has 3 amide bonds. The summed E-state index contributed by atoms with van der Waals surface area (Å²) in [5.74, 6) is 0.543. The molecule has 0 bridgehead atoms. The van der Waals surface area contributed by atoms with E-state index in [4.69, 9.17) is 0 Å². The van der Waals surface area contributed by atoms with Crippen LogP contribution in [0.1, 0.15) is 76.2 Å². The number of urea groups is 1. The highest BCUT2D eigenvalue weighted by atomic mass is 16.3. The molecule has 4 aliphatic rings. The van der Waals surface area contributed by atoms with Crippen LogP contribution in [0.2, 0.25) is 0 Å². The highest BCUT2D eigenvalue weighted by Crippen LogP contribution is 2.49. The molecule has 198 valence electrons. The molecule has 0 radical (unpaired) electrons. The number of aliphatic hydroxyl groups is 1. The molecule has 0 unspecified atom stereocenters. The van der Waals surface area contributed by atoms with Crippen LogP contribution in [-0.4, -0.2) is 83.2 Å². The Morgan fingerprint density at radius 1 is 1.06 bits per heavy atom. The lowest BCUT2D eigenvalue weighted by Crippen LogP contribution is -2.56. The maximum atomic E-state index is 13.7. The van der Waals surface area contributed by atoms with Crippen molar-refractivity contribution in [1.29, 1.82) is 0 Å². The third kappa shape index (κ3) is 4.76. The van der Waals surface area contributed by atoms with Crippen LogP contribution in [-0.2, 0) is 10.3 Å². The maximum Gasteiger partial charge on any atom is 0.320 e. The molecular weight excluding hydrogens is 452 g/mol. The van der Waals surface area contributed by atoms with Crippen molar-refractivity contribution < 1.29 is 14.7 Å². The minimum absolute atomic E-state index is 0.00716. The monoisotopic (exact) mass is 496 g/mol. The fraction of sp³-hybridized carbons (Fsp3) is 0.724. The summed E-state index contributed by atoms with van der Waals surface area (Å²) in [6.07, 6.45) is 10.5. The summed E-state index contributed by atoms with van der Waals surface area (Å²) in [4.78, 5) is 32.7. The molecule has 7 nitrogen and oxygen atoms in total. The zero-order valence-corrected chi connectivity index (χ0v) is 22.2. The number of nitrogens with one attached hydrogen (secondary N) is 1. The SMILES string of the molecule is CN(C)[C@]1(c2ccccc2)CC[C@@]2(CC1)CN(CCC(=O)NCC1(O)CCC1)C(=O)N2CC1CCC1. The Morgan fingerprint density at radius 3 is 2.31 bits per heavy atom. The fourth-order valence-electron chi connectivity index (χ4n) is 6.91. The van der Waals surface area contributed by atoms with Gasteiger partial charge >= 0.3 is 6.03 Å². The lowest BCUT2D eigenvalue weighted by Gasteiger charge is -2.51. The van der Waals surface area contributed by atoms with Crippen molar-refractivity contribution in [2.24, 2.45) is 5.92 Å². The summed E-state index contributed by atoms with van der Waals surface area (Å²) in [7, 11) is 4.36. The molecule has 0 aromatic heterocycles. The number of rotatable bonds is 9. The van der Waals surface area contributed by atoms with E-state index >= 15 is 0 Å². The van der Waals surface area contributed by atoms with Gasteiger partial charge in [-0.25, -0.2) is 4.79 Å². The van der Waals surface area contributed by atoms with Gasteiger partial charge in [0.05, 0.1) is 11.1 Å². The topological polar surface area (TPSA) is 76.1 Å². The molecule has 1 heterocycles. The van der Waals surface area contributed by atoms with Crippen LogP contribution >= 0.6 is 0 Å². The molecule has 1 spiro atoms. The van der Waals surface area contributed by atoms with Crippen molar-refractivity contribution in [1.82, 2.24) is 20.0 Å². The Bertz CT molecular complexity index is 933. The Kier molecular flexibility index (Phi) is 7.07. The molecule has 0 atom stereocenters. The fourth-order valence-corrected chi connectivity index (χ4v) is 6.91. The molecular formula is C29H44N4O3. The molecule has 4 fully saturated rings. The van der Waals surface area contributed by atoms with Gasteiger partial charge in [0.15, 0.2) is 0 Å². The van der Waals surface area contributed by atoms with E-state index in [0.717, 1.165) is 51.5 Å². The highest BCUT2D eigenvalue weighted by Gasteiger charge is 2.54. The van der Waals surface area contributed by atoms with E-state index in [0.29, 0.717) is 32.0 Å². The Balaban J connectivity index is 1.26. The number of carbonyl (C=O) groups excluding carboxylic acids is 2. The molecule has 1 aromatic rings. The molecule has 1 saturated heterocycles. The lowest BCUT2D eigenvalue weighted by molar-refractivity contribution is -0.123. The van der Waals surface area contributed by atoms with E-state index in [-0.39, 0.29) is 23.0 Å². The first-order valence-electron chi connectivity index (χ1n) is 14.0. The number of nitrogens with zero attached hydrogens (tertiary/aromatic N) is 3. The summed E-state index contributed by atoms with van der Waals surface area (Å²) >= 11 is 0. The van der Waals surface area contributed by atoms with Crippen molar-refractivity contribution in [3.05, 3.63) is 35.9 Å². The number of hydrogen-bond donors (Lipinski definition) is 2. The average Bonchev–Trinajstić information content (AvgIpc) is 3.08. The smallest absolute Gasteiger partial charge is 0.320 e. The minimum Gasteiger partial charge on any atom is -0.388 e. The Labute approximate surface area is 216 Å². The third-order valence-corrected chi connectivity index (χ3v) is 9.91. The molecule has 1 aromatic carbocycles. The van der Waals surface area contributed by atoms with E-state index in [2.05, 4.69) is 59.5 Å². The normalized spacial score (nSPS) is 29.9. The van der Waals surface area contributed by atoms with Crippen molar-refractivity contribution in [3.8, 4) is 0 Å². The van der Waals surface area contributed by atoms with Gasteiger partial charge < -0.3 is 20.2 Å². The van der Waals surface area contributed by atoms with Gasteiger partial charge in [-0.05, 0) is 83.4 Å². The van der Waals surface area contributed by atoms with Crippen LogP contribution < -0.4 is 5.32 Å². The summed E-state index contributed by atoms with van der Waals surface area (Å²) in [6, 6.07) is 10.9. The predicted octanol–water partition coefficient (Wildman–Crippen LogP) is 3.72. The van der Waals surface area contributed by atoms with Crippen LogP contribution in [0.25, 0.3) is 0 Å². The summed E-state index contributed by atoms with van der Waals surface area (Å²) < 4.78 is 0. The third-order valence-electron chi connectivity index (χ3n) is 9.91. The average molecular weight is 497 g/mol. The Hall–Kier alpha value is -2.12. The standard InChI is InChI=1S/C29H44N4O3/c1-31(2)29(24-10-4-3-5-11-24)17-15-27(16-18-29)22-32(26(35)33(27)20-23-8-6-9-23)19-12-25(34)30-21-28(36)13-7-14-28/h3-5,10-11,23,36H,6-9,12-22H2,1-2H3,(H,30,34)/t27-,29-. The van der Waals surface area contributed by atoms with Crippen LogP contribution in [0.5, 0.6) is 0 Å². The molecule has 5 rings (SSSR count). The van der Waals surface area contributed by atoms with Gasteiger partial charge in [-0.3, -0.25) is 9.69 Å². The van der Waals surface area contributed by atoms with Gasteiger partial charge in [0.1, 0.15) is 0 Å². The van der Waals surface area contributed by atoms with Crippen LogP contribution in [0, 0.1) is 5.92 Å². The summed E-state index contributed by atoms with van der Waals surface area (Å²) in [5.41, 5.74) is 0.495. The summed E-state index contributed by atoms with van der Waals surface area (Å²) in [6.45, 7) is 2.34. The highest BCUT2D eigenvalue weighted by molar-refractivity contribution is 5.80. The van der Waals surface area contributed by atoms with Crippen molar-refractivity contribution >= 4 is 11.9 Å². The molecule has 2 N–H and O–H groups in total.